The Balaban J connectivity index is 1.12. The number of fused-ring (bicyclic) bond motifs is 1. The number of rotatable bonds is 7. The maximum absolute atomic E-state index is 13.3. The first-order chi connectivity index (χ1) is 19.2. The first-order valence-electron chi connectivity index (χ1n) is 13.2. The number of carbonyl (C=O) groups is 1. The van der Waals surface area contributed by atoms with Gasteiger partial charge in [-0.15, -0.1) is 0 Å². The maximum Gasteiger partial charge on any atom is 0.264 e. The molecule has 6 rings (SSSR count). The van der Waals surface area contributed by atoms with Crippen molar-refractivity contribution in [1.29, 1.82) is 0 Å². The lowest BCUT2D eigenvalue weighted by atomic mass is 9.90. The fourth-order valence-electron chi connectivity index (χ4n) is 5.10. The molecule has 4 heterocycles. The van der Waals surface area contributed by atoms with Crippen LogP contribution in [0.15, 0.2) is 65.8 Å². The fraction of sp³-hybridized carbons (Fsp3) is 0.379. The smallest absolute Gasteiger partial charge is 0.264 e. The van der Waals surface area contributed by atoms with Gasteiger partial charge < -0.3 is 19.5 Å². The Morgan fingerprint density at radius 2 is 1.80 bits per heavy atom. The molecule has 10 nitrogen and oxygen atoms in total. The lowest BCUT2D eigenvalue weighted by molar-refractivity contribution is -0.120. The molecule has 2 saturated heterocycles. The van der Waals surface area contributed by atoms with Crippen LogP contribution in [0, 0.1) is 11.2 Å². The Labute approximate surface area is 229 Å². The Morgan fingerprint density at radius 3 is 2.45 bits per heavy atom. The topological polar surface area (TPSA) is 112 Å². The third-order valence-corrected chi connectivity index (χ3v) is 7.66. The minimum atomic E-state index is -1.17. The van der Waals surface area contributed by atoms with E-state index >= 15 is 0 Å². The van der Waals surface area contributed by atoms with Crippen LogP contribution < -0.4 is 10.3 Å². The van der Waals surface area contributed by atoms with E-state index < -0.39 is 11.4 Å². The number of hydrogen-bond donors (Lipinski definition) is 1. The lowest BCUT2D eigenvalue weighted by Gasteiger charge is -2.38. The van der Waals surface area contributed by atoms with Crippen molar-refractivity contribution < 1.29 is 23.8 Å². The van der Waals surface area contributed by atoms with Gasteiger partial charge in [0.2, 0.25) is 0 Å². The van der Waals surface area contributed by atoms with Crippen molar-refractivity contribution in [2.24, 2.45) is 5.41 Å². The van der Waals surface area contributed by atoms with Crippen molar-refractivity contribution >= 4 is 16.9 Å². The standard InChI is InChI=1S/C29H30FN5O5/c1-28(16-39-17-28)18-40-23-8-6-22(7-9-23)35-25-24(14-32-35)27(37)34(19-31-25)15-29(38)10-12-33(13-11-29)26(36)20-2-4-21(30)5-3-20/h2-9,14,19,38H,10-13,15-18H2,1H3. The first kappa shape index (κ1) is 26.1. The van der Waals surface area contributed by atoms with Gasteiger partial charge in [-0.2, -0.15) is 5.10 Å². The van der Waals surface area contributed by atoms with Crippen molar-refractivity contribution in [2.75, 3.05) is 32.9 Å². The molecule has 0 bridgehead atoms. The highest BCUT2D eigenvalue weighted by Gasteiger charge is 2.35. The van der Waals surface area contributed by atoms with E-state index in [2.05, 4.69) is 17.0 Å². The molecule has 4 aromatic rings. The van der Waals surface area contributed by atoms with Crippen molar-refractivity contribution in [3.05, 3.63) is 82.8 Å². The van der Waals surface area contributed by atoms with Gasteiger partial charge in [0.05, 0.1) is 43.9 Å². The van der Waals surface area contributed by atoms with Crippen molar-refractivity contribution in [2.45, 2.75) is 31.9 Å². The molecule has 0 radical (unpaired) electrons. The molecule has 2 fully saturated rings. The monoisotopic (exact) mass is 547 g/mol. The van der Waals surface area contributed by atoms with Gasteiger partial charge in [0, 0.05) is 24.1 Å². The number of hydrogen-bond acceptors (Lipinski definition) is 7. The van der Waals surface area contributed by atoms with E-state index in [0.29, 0.717) is 62.3 Å². The molecule has 1 amide bonds. The van der Waals surface area contributed by atoms with Gasteiger partial charge >= 0.3 is 0 Å². The first-order valence-corrected chi connectivity index (χ1v) is 13.2. The molecule has 2 aromatic heterocycles. The van der Waals surface area contributed by atoms with Crippen LogP contribution in [0.2, 0.25) is 0 Å². The van der Waals surface area contributed by atoms with Crippen LogP contribution in [-0.4, -0.2) is 73.8 Å². The highest BCUT2D eigenvalue weighted by atomic mass is 19.1. The summed E-state index contributed by atoms with van der Waals surface area (Å²) in [6.07, 6.45) is 3.50. The van der Waals surface area contributed by atoms with Gasteiger partial charge in [-0.05, 0) is 61.4 Å². The van der Waals surface area contributed by atoms with Gasteiger partial charge in [-0.3, -0.25) is 14.2 Å². The predicted molar refractivity (Wildman–Crippen MR) is 144 cm³/mol. The zero-order valence-electron chi connectivity index (χ0n) is 22.1. The van der Waals surface area contributed by atoms with E-state index in [9.17, 15) is 19.1 Å². The summed E-state index contributed by atoms with van der Waals surface area (Å²) in [4.78, 5) is 32.1. The Bertz CT molecular complexity index is 1590. The average molecular weight is 548 g/mol. The second kappa shape index (κ2) is 10.1. The molecule has 0 aliphatic carbocycles. The van der Waals surface area contributed by atoms with Crippen molar-refractivity contribution in [3.63, 3.8) is 0 Å². The average Bonchev–Trinajstić information content (AvgIpc) is 3.38. The molecule has 0 spiro atoms. The summed E-state index contributed by atoms with van der Waals surface area (Å²) in [6.45, 7) is 4.78. The predicted octanol–water partition coefficient (Wildman–Crippen LogP) is 2.80. The number of ether oxygens (including phenoxy) is 2. The summed E-state index contributed by atoms with van der Waals surface area (Å²) in [6, 6.07) is 12.8. The summed E-state index contributed by atoms with van der Waals surface area (Å²) in [5, 5.41) is 16.0. The van der Waals surface area contributed by atoms with E-state index in [1.54, 1.807) is 9.58 Å². The molecule has 208 valence electrons. The summed E-state index contributed by atoms with van der Waals surface area (Å²) >= 11 is 0. The SMILES string of the molecule is CC1(COc2ccc(-n3ncc4c(=O)n(CC5(O)CCN(C(=O)c6ccc(F)cc6)CC5)cnc43)cc2)COC1. The molecule has 2 aliphatic rings. The van der Waals surface area contributed by atoms with Crippen LogP contribution in [0.1, 0.15) is 30.1 Å². The summed E-state index contributed by atoms with van der Waals surface area (Å²) < 4.78 is 27.4. The number of amides is 1. The summed E-state index contributed by atoms with van der Waals surface area (Å²) in [7, 11) is 0. The molecule has 0 saturated carbocycles. The maximum atomic E-state index is 13.3. The molecule has 0 atom stereocenters. The third-order valence-electron chi connectivity index (χ3n) is 7.66. The van der Waals surface area contributed by atoms with E-state index in [-0.39, 0.29) is 23.4 Å². The van der Waals surface area contributed by atoms with Gasteiger partial charge in [-0.25, -0.2) is 14.1 Å². The largest absolute Gasteiger partial charge is 0.493 e. The van der Waals surface area contributed by atoms with E-state index in [1.807, 2.05) is 24.3 Å². The minimum Gasteiger partial charge on any atom is -0.493 e. The molecular formula is C29H30FN5O5. The summed E-state index contributed by atoms with van der Waals surface area (Å²) in [5.41, 5.74) is 0.127. The number of halogens is 1. The normalized spacial score (nSPS) is 17.9. The zero-order chi connectivity index (χ0) is 27.9. The van der Waals surface area contributed by atoms with Crippen LogP contribution in [0.5, 0.6) is 5.75 Å². The number of aromatic nitrogens is 4. The van der Waals surface area contributed by atoms with Gasteiger partial charge in [0.1, 0.15) is 23.3 Å². The number of carbonyl (C=O) groups excluding carboxylic acids is 1. The molecule has 2 aliphatic heterocycles. The summed E-state index contributed by atoms with van der Waals surface area (Å²) in [5.74, 6) is 0.123. The van der Waals surface area contributed by atoms with Crippen LogP contribution in [0.3, 0.4) is 0 Å². The highest BCUT2D eigenvalue weighted by molar-refractivity contribution is 5.94. The number of nitrogens with zero attached hydrogens (tertiary/aromatic N) is 5. The second-order valence-corrected chi connectivity index (χ2v) is 11.1. The molecule has 2 aromatic carbocycles. The fourth-order valence-corrected chi connectivity index (χ4v) is 5.10. The quantitative estimate of drug-likeness (QED) is 0.379. The number of likely N-dealkylation sites (tertiary alicyclic amines) is 1. The minimum absolute atomic E-state index is 0.0479. The van der Waals surface area contributed by atoms with Crippen molar-refractivity contribution in [1.82, 2.24) is 24.2 Å². The van der Waals surface area contributed by atoms with E-state index in [1.165, 1.54) is 41.4 Å². The van der Waals surface area contributed by atoms with Crippen LogP contribution in [-0.2, 0) is 11.3 Å². The van der Waals surface area contributed by atoms with Gasteiger partial charge in [0.25, 0.3) is 11.5 Å². The highest BCUT2D eigenvalue weighted by Crippen LogP contribution is 2.28. The molecular weight excluding hydrogens is 517 g/mol. The number of piperidine rings is 1. The van der Waals surface area contributed by atoms with Gasteiger partial charge in [0.15, 0.2) is 5.65 Å². The Morgan fingerprint density at radius 1 is 1.10 bits per heavy atom. The molecule has 11 heteroatoms. The van der Waals surface area contributed by atoms with Crippen molar-refractivity contribution in [3.8, 4) is 11.4 Å². The van der Waals surface area contributed by atoms with Crippen LogP contribution >= 0.6 is 0 Å². The van der Waals surface area contributed by atoms with Crippen LogP contribution in [0.25, 0.3) is 16.7 Å². The Hall–Kier alpha value is -4.09. The number of benzene rings is 2. The Kier molecular flexibility index (Phi) is 6.63. The third kappa shape index (κ3) is 5.09. The molecule has 0 unspecified atom stereocenters. The molecule has 40 heavy (non-hydrogen) atoms. The zero-order valence-corrected chi connectivity index (χ0v) is 22.1. The second-order valence-electron chi connectivity index (χ2n) is 11.1. The molecule has 1 N–H and O–H groups in total. The lowest BCUT2D eigenvalue weighted by Crippen LogP contribution is -2.49. The van der Waals surface area contributed by atoms with E-state index in [0.717, 1.165) is 11.4 Å². The van der Waals surface area contributed by atoms with E-state index in [4.69, 9.17) is 9.47 Å². The number of aliphatic hydroxyl groups is 1. The van der Waals surface area contributed by atoms with Crippen LogP contribution in [0.4, 0.5) is 4.39 Å². The van der Waals surface area contributed by atoms with Gasteiger partial charge in [-0.1, -0.05) is 6.92 Å².